The summed E-state index contributed by atoms with van der Waals surface area (Å²) in [6, 6.07) is 0. The third-order valence-corrected chi connectivity index (χ3v) is 2.37. The van der Waals surface area contributed by atoms with Gasteiger partial charge in [0, 0.05) is 12.7 Å². The van der Waals surface area contributed by atoms with E-state index >= 15 is 0 Å². The quantitative estimate of drug-likeness (QED) is 0.696. The normalized spacial score (nSPS) is 20.8. The van der Waals surface area contributed by atoms with Gasteiger partial charge in [-0.15, -0.1) is 0 Å². The van der Waals surface area contributed by atoms with E-state index in [0.29, 0.717) is 12.1 Å². The fourth-order valence-electron chi connectivity index (χ4n) is 1.53. The van der Waals surface area contributed by atoms with E-state index < -0.39 is 12.1 Å². The molecule has 7 nitrogen and oxygen atoms in total. The summed E-state index contributed by atoms with van der Waals surface area (Å²) < 4.78 is 5.02. The molecule has 2 heterocycles. The van der Waals surface area contributed by atoms with Gasteiger partial charge in [0.1, 0.15) is 0 Å². The average molecular weight is 225 g/mol. The van der Waals surface area contributed by atoms with Crippen molar-refractivity contribution in [3.63, 3.8) is 0 Å². The van der Waals surface area contributed by atoms with Gasteiger partial charge < -0.3 is 14.7 Å². The monoisotopic (exact) mass is 225 g/mol. The van der Waals surface area contributed by atoms with Crippen LogP contribution in [0.4, 0.5) is 0 Å². The summed E-state index contributed by atoms with van der Waals surface area (Å²) in [6.45, 7) is 0.702. The number of aromatic nitrogens is 2. The molecule has 1 amide bonds. The number of amides is 1. The molecule has 1 aliphatic rings. The lowest BCUT2D eigenvalue weighted by Gasteiger charge is -2.30. The Morgan fingerprint density at radius 3 is 3.06 bits per heavy atom. The van der Waals surface area contributed by atoms with E-state index in [1.807, 2.05) is 0 Å². The van der Waals surface area contributed by atoms with Crippen LogP contribution in [0.1, 0.15) is 10.4 Å². The highest BCUT2D eigenvalue weighted by atomic mass is 16.5. The van der Waals surface area contributed by atoms with Crippen LogP contribution < -0.4 is 0 Å². The van der Waals surface area contributed by atoms with Crippen LogP contribution in [0.15, 0.2) is 12.4 Å². The van der Waals surface area contributed by atoms with Crippen molar-refractivity contribution in [3.05, 3.63) is 18.0 Å². The molecule has 0 aromatic carbocycles. The molecule has 1 aliphatic heterocycles. The van der Waals surface area contributed by atoms with Crippen molar-refractivity contribution < 1.29 is 19.4 Å². The number of carbonyl (C=O) groups excluding carboxylic acids is 1. The standard InChI is InChI=1S/C9H11N3O4/c13-8(6-3-10-11-4-6)12-1-2-16-7(5-12)9(14)15/h3-4,7H,1-2,5H2,(H,10,11)(H,14,15). The zero-order chi connectivity index (χ0) is 11.5. The molecule has 1 aromatic heterocycles. The maximum Gasteiger partial charge on any atom is 0.334 e. The zero-order valence-electron chi connectivity index (χ0n) is 8.42. The summed E-state index contributed by atoms with van der Waals surface area (Å²) in [4.78, 5) is 24.0. The summed E-state index contributed by atoms with van der Waals surface area (Å²) in [7, 11) is 0. The Bertz CT molecular complexity index is 389. The van der Waals surface area contributed by atoms with Crippen molar-refractivity contribution in [1.82, 2.24) is 15.1 Å². The number of ether oxygens (including phenoxy) is 1. The summed E-state index contributed by atoms with van der Waals surface area (Å²) >= 11 is 0. The van der Waals surface area contributed by atoms with Crippen molar-refractivity contribution >= 4 is 11.9 Å². The highest BCUT2D eigenvalue weighted by Gasteiger charge is 2.29. The molecule has 1 saturated heterocycles. The average Bonchev–Trinajstić information content (AvgIpc) is 2.81. The molecule has 1 aromatic rings. The molecule has 0 spiro atoms. The third-order valence-electron chi connectivity index (χ3n) is 2.37. The van der Waals surface area contributed by atoms with Crippen molar-refractivity contribution in [2.45, 2.75) is 6.10 Å². The number of rotatable bonds is 2. The van der Waals surface area contributed by atoms with E-state index in [0.717, 1.165) is 0 Å². The first kappa shape index (κ1) is 10.6. The molecule has 16 heavy (non-hydrogen) atoms. The van der Waals surface area contributed by atoms with Crippen LogP contribution in [0.3, 0.4) is 0 Å². The largest absolute Gasteiger partial charge is 0.479 e. The Morgan fingerprint density at radius 2 is 2.44 bits per heavy atom. The molecular weight excluding hydrogens is 214 g/mol. The van der Waals surface area contributed by atoms with Crippen LogP contribution in [0.2, 0.25) is 0 Å². The SMILES string of the molecule is O=C(O)C1CN(C(=O)c2cn[nH]c2)CCO1. The minimum Gasteiger partial charge on any atom is -0.479 e. The Morgan fingerprint density at radius 1 is 1.62 bits per heavy atom. The summed E-state index contributed by atoms with van der Waals surface area (Å²) in [5.41, 5.74) is 0.422. The fourth-order valence-corrected chi connectivity index (χ4v) is 1.53. The topological polar surface area (TPSA) is 95.5 Å². The maximum atomic E-state index is 11.8. The number of morpholine rings is 1. The number of nitrogens with one attached hydrogen (secondary N) is 1. The lowest BCUT2D eigenvalue weighted by molar-refractivity contribution is -0.154. The second kappa shape index (κ2) is 4.31. The van der Waals surface area contributed by atoms with E-state index in [1.54, 1.807) is 0 Å². The smallest absolute Gasteiger partial charge is 0.334 e. The Hall–Kier alpha value is -1.89. The molecule has 0 radical (unpaired) electrons. The number of nitrogens with zero attached hydrogens (tertiary/aromatic N) is 2. The molecule has 1 atom stereocenters. The van der Waals surface area contributed by atoms with Crippen LogP contribution in [0.5, 0.6) is 0 Å². The molecule has 0 saturated carbocycles. The van der Waals surface area contributed by atoms with E-state index in [1.165, 1.54) is 17.3 Å². The first-order valence-electron chi connectivity index (χ1n) is 4.81. The summed E-state index contributed by atoms with van der Waals surface area (Å²) in [6.07, 6.45) is 1.95. The first-order valence-corrected chi connectivity index (χ1v) is 4.81. The third kappa shape index (κ3) is 2.03. The zero-order valence-corrected chi connectivity index (χ0v) is 8.42. The minimum atomic E-state index is -1.05. The number of H-pyrrole nitrogens is 1. The van der Waals surface area contributed by atoms with Gasteiger partial charge in [0.2, 0.25) is 0 Å². The van der Waals surface area contributed by atoms with Crippen molar-refractivity contribution in [2.75, 3.05) is 19.7 Å². The van der Waals surface area contributed by atoms with Crippen molar-refractivity contribution in [1.29, 1.82) is 0 Å². The number of aliphatic carboxylic acids is 1. The molecule has 0 bridgehead atoms. The second-order valence-electron chi connectivity index (χ2n) is 3.44. The van der Waals surface area contributed by atoms with Gasteiger partial charge in [-0.1, -0.05) is 0 Å². The van der Waals surface area contributed by atoms with Gasteiger partial charge in [-0.2, -0.15) is 5.10 Å². The van der Waals surface area contributed by atoms with E-state index in [-0.39, 0.29) is 19.1 Å². The van der Waals surface area contributed by atoms with Crippen molar-refractivity contribution in [2.24, 2.45) is 0 Å². The van der Waals surface area contributed by atoms with Gasteiger partial charge in [-0.05, 0) is 0 Å². The second-order valence-corrected chi connectivity index (χ2v) is 3.44. The van der Waals surface area contributed by atoms with Crippen LogP contribution in [-0.4, -0.2) is 57.9 Å². The van der Waals surface area contributed by atoms with E-state index in [9.17, 15) is 9.59 Å². The van der Waals surface area contributed by atoms with E-state index in [2.05, 4.69) is 10.2 Å². The van der Waals surface area contributed by atoms with E-state index in [4.69, 9.17) is 9.84 Å². The number of aromatic amines is 1. The molecule has 7 heteroatoms. The van der Waals surface area contributed by atoms with Crippen LogP contribution in [0.25, 0.3) is 0 Å². The highest BCUT2D eigenvalue weighted by molar-refractivity contribution is 5.94. The van der Waals surface area contributed by atoms with Crippen LogP contribution in [-0.2, 0) is 9.53 Å². The van der Waals surface area contributed by atoms with Crippen molar-refractivity contribution in [3.8, 4) is 0 Å². The highest BCUT2D eigenvalue weighted by Crippen LogP contribution is 2.09. The molecule has 2 rings (SSSR count). The lowest BCUT2D eigenvalue weighted by Crippen LogP contribution is -2.48. The molecule has 86 valence electrons. The number of carbonyl (C=O) groups is 2. The van der Waals surface area contributed by atoms with Gasteiger partial charge in [0.05, 0.1) is 24.9 Å². The molecular formula is C9H11N3O4. The predicted molar refractivity (Wildman–Crippen MR) is 51.9 cm³/mol. The van der Waals surface area contributed by atoms with Crippen LogP contribution in [0, 0.1) is 0 Å². The van der Waals surface area contributed by atoms with Gasteiger partial charge in [0.15, 0.2) is 6.10 Å². The Balaban J connectivity index is 2.05. The number of hydrogen-bond donors (Lipinski definition) is 2. The van der Waals surface area contributed by atoms with Crippen LogP contribution >= 0.6 is 0 Å². The summed E-state index contributed by atoms with van der Waals surface area (Å²) in [5.74, 6) is -1.28. The minimum absolute atomic E-state index is 0.0688. The summed E-state index contributed by atoms with van der Waals surface area (Å²) in [5, 5.41) is 15.0. The predicted octanol–water partition coefficient (Wildman–Crippen LogP) is -0.665. The molecule has 1 unspecified atom stereocenters. The van der Waals surface area contributed by atoms with Gasteiger partial charge >= 0.3 is 5.97 Å². The number of carboxylic acids is 1. The molecule has 1 fully saturated rings. The first-order chi connectivity index (χ1) is 7.68. The van der Waals surface area contributed by atoms with Gasteiger partial charge in [0.25, 0.3) is 5.91 Å². The Labute approximate surface area is 91.0 Å². The maximum absolute atomic E-state index is 11.8. The number of carboxylic acid groups (broad SMARTS) is 1. The fraction of sp³-hybridized carbons (Fsp3) is 0.444. The molecule has 2 N–H and O–H groups in total. The lowest BCUT2D eigenvalue weighted by atomic mass is 10.2. The molecule has 0 aliphatic carbocycles. The van der Waals surface area contributed by atoms with Gasteiger partial charge in [-0.25, -0.2) is 4.79 Å². The number of hydrogen-bond acceptors (Lipinski definition) is 4. The van der Waals surface area contributed by atoms with Gasteiger partial charge in [-0.3, -0.25) is 9.89 Å². The Kier molecular flexibility index (Phi) is 2.86.